The first-order chi connectivity index (χ1) is 6.25. The Labute approximate surface area is 77.7 Å². The van der Waals surface area contributed by atoms with Crippen LogP contribution >= 0.6 is 0 Å². The minimum absolute atomic E-state index is 0.714. The molecule has 1 heterocycles. The van der Waals surface area contributed by atoms with Gasteiger partial charge in [-0.2, -0.15) is 0 Å². The van der Waals surface area contributed by atoms with Crippen molar-refractivity contribution in [1.82, 2.24) is 4.90 Å². The average Bonchev–Trinajstić information content (AvgIpc) is 2.76. The van der Waals surface area contributed by atoms with E-state index in [9.17, 15) is 4.79 Å². The lowest BCUT2D eigenvalue weighted by Crippen LogP contribution is -2.28. The second kappa shape index (κ2) is 2.40. The van der Waals surface area contributed by atoms with Crippen LogP contribution in [0.15, 0.2) is 0 Å². The van der Waals surface area contributed by atoms with Gasteiger partial charge in [-0.1, -0.05) is 0 Å². The molecule has 3 nitrogen and oxygen atoms in total. The highest BCUT2D eigenvalue weighted by molar-refractivity contribution is 5.65. The highest BCUT2D eigenvalue weighted by Crippen LogP contribution is 2.54. The Morgan fingerprint density at radius 3 is 2.15 bits per heavy atom. The maximum absolute atomic E-state index is 10.8. The Morgan fingerprint density at radius 2 is 1.69 bits per heavy atom. The first-order valence-electron chi connectivity index (χ1n) is 5.23. The smallest absolute Gasteiger partial charge is 0.407 e. The Balaban J connectivity index is 1.79. The van der Waals surface area contributed by atoms with Gasteiger partial charge in [-0.3, -0.25) is 0 Å². The second-order valence-electron chi connectivity index (χ2n) is 4.85. The van der Waals surface area contributed by atoms with E-state index >= 15 is 0 Å². The molecular weight excluding hydrogens is 166 g/mol. The van der Waals surface area contributed by atoms with Gasteiger partial charge in [0, 0.05) is 13.1 Å². The molecule has 0 aromatic heterocycles. The molecular formula is C10H15NO2. The van der Waals surface area contributed by atoms with Crippen molar-refractivity contribution in [3.05, 3.63) is 0 Å². The number of nitrogens with zero attached hydrogens (tertiary/aromatic N) is 1. The van der Waals surface area contributed by atoms with Crippen molar-refractivity contribution in [3.8, 4) is 0 Å². The van der Waals surface area contributed by atoms with Crippen molar-refractivity contribution >= 4 is 6.09 Å². The highest BCUT2D eigenvalue weighted by Gasteiger charge is 2.52. The van der Waals surface area contributed by atoms with Crippen molar-refractivity contribution in [3.63, 3.8) is 0 Å². The van der Waals surface area contributed by atoms with Crippen LogP contribution in [0.3, 0.4) is 0 Å². The Morgan fingerprint density at radius 1 is 1.15 bits per heavy atom. The maximum atomic E-state index is 10.8. The van der Waals surface area contributed by atoms with Crippen LogP contribution in [0.2, 0.25) is 0 Å². The van der Waals surface area contributed by atoms with E-state index in [1.165, 1.54) is 19.3 Å². The van der Waals surface area contributed by atoms with E-state index in [2.05, 4.69) is 0 Å². The highest BCUT2D eigenvalue weighted by atomic mass is 16.4. The predicted molar refractivity (Wildman–Crippen MR) is 47.4 cm³/mol. The van der Waals surface area contributed by atoms with Crippen molar-refractivity contribution in [2.45, 2.75) is 19.3 Å². The maximum Gasteiger partial charge on any atom is 0.407 e. The van der Waals surface area contributed by atoms with Gasteiger partial charge in [-0.25, -0.2) is 4.79 Å². The van der Waals surface area contributed by atoms with Crippen LogP contribution < -0.4 is 0 Å². The molecule has 13 heavy (non-hydrogen) atoms. The Kier molecular flexibility index (Phi) is 1.41. The largest absolute Gasteiger partial charge is 0.465 e. The van der Waals surface area contributed by atoms with E-state index in [1.807, 2.05) is 0 Å². The molecule has 0 aromatic rings. The van der Waals surface area contributed by atoms with Gasteiger partial charge in [-0.05, 0) is 42.9 Å². The molecule has 3 heteroatoms. The molecule has 1 saturated heterocycles. The average molecular weight is 181 g/mol. The third kappa shape index (κ3) is 0.930. The number of hydrogen-bond donors (Lipinski definition) is 1. The quantitative estimate of drug-likeness (QED) is 0.617. The zero-order valence-corrected chi connectivity index (χ0v) is 7.65. The molecule has 0 radical (unpaired) electrons. The lowest BCUT2D eigenvalue weighted by atomic mass is 9.82. The van der Waals surface area contributed by atoms with Gasteiger partial charge in [0.15, 0.2) is 0 Å². The minimum atomic E-state index is -0.714. The molecule has 3 aliphatic rings. The number of carboxylic acid groups (broad SMARTS) is 1. The fourth-order valence-corrected chi connectivity index (χ4v) is 3.84. The third-order valence-electron chi connectivity index (χ3n) is 4.41. The van der Waals surface area contributed by atoms with Gasteiger partial charge in [0.2, 0.25) is 0 Å². The number of amides is 1. The zero-order valence-electron chi connectivity index (χ0n) is 7.65. The molecule has 72 valence electrons. The van der Waals surface area contributed by atoms with Crippen LogP contribution in [0, 0.1) is 23.7 Å². The van der Waals surface area contributed by atoms with Crippen molar-refractivity contribution in [1.29, 1.82) is 0 Å². The molecule has 3 rings (SSSR count). The first kappa shape index (κ1) is 7.65. The Bertz CT molecular complexity index is 235. The topological polar surface area (TPSA) is 40.5 Å². The van der Waals surface area contributed by atoms with Crippen LogP contribution in [-0.4, -0.2) is 29.2 Å². The van der Waals surface area contributed by atoms with E-state index in [0.717, 1.165) is 36.8 Å². The van der Waals surface area contributed by atoms with E-state index < -0.39 is 6.09 Å². The lowest BCUT2D eigenvalue weighted by molar-refractivity contribution is 0.150. The molecule has 4 atom stereocenters. The van der Waals surface area contributed by atoms with Gasteiger partial charge >= 0.3 is 6.09 Å². The molecule has 1 amide bonds. The summed E-state index contributed by atoms with van der Waals surface area (Å²) in [5, 5.41) is 8.89. The number of rotatable bonds is 0. The van der Waals surface area contributed by atoms with Crippen LogP contribution in [0.25, 0.3) is 0 Å². The number of hydrogen-bond acceptors (Lipinski definition) is 1. The SMILES string of the molecule is O=C(O)N1C[C@@H]2[C@H]3CC[C@H](C3)[C@@H]2C1. The van der Waals surface area contributed by atoms with Gasteiger partial charge in [0.25, 0.3) is 0 Å². The number of likely N-dealkylation sites (tertiary alicyclic amines) is 1. The van der Waals surface area contributed by atoms with E-state index in [1.54, 1.807) is 4.90 Å². The summed E-state index contributed by atoms with van der Waals surface area (Å²) in [5.74, 6) is 3.16. The molecule has 3 fully saturated rings. The Hall–Kier alpha value is -0.730. The summed E-state index contributed by atoms with van der Waals surface area (Å²) in [4.78, 5) is 12.4. The van der Waals surface area contributed by atoms with Gasteiger partial charge in [0.1, 0.15) is 0 Å². The summed E-state index contributed by atoms with van der Waals surface area (Å²) in [6.45, 7) is 1.64. The van der Waals surface area contributed by atoms with Gasteiger partial charge in [-0.15, -0.1) is 0 Å². The fraction of sp³-hybridized carbons (Fsp3) is 0.900. The first-order valence-corrected chi connectivity index (χ1v) is 5.23. The second-order valence-corrected chi connectivity index (χ2v) is 4.85. The van der Waals surface area contributed by atoms with E-state index in [0.29, 0.717) is 0 Å². The molecule has 2 bridgehead atoms. The molecule has 2 aliphatic carbocycles. The minimum Gasteiger partial charge on any atom is -0.465 e. The standard InChI is InChI=1S/C10H15NO2/c12-10(13)11-4-8-6-1-2-7(3-6)9(8)5-11/h6-9H,1-5H2,(H,12,13)/t6-,7+,8+,9-. The number of carbonyl (C=O) groups is 1. The van der Waals surface area contributed by atoms with Crippen LogP contribution in [-0.2, 0) is 0 Å². The van der Waals surface area contributed by atoms with E-state index in [-0.39, 0.29) is 0 Å². The zero-order chi connectivity index (χ0) is 9.00. The summed E-state index contributed by atoms with van der Waals surface area (Å²) in [5.41, 5.74) is 0. The van der Waals surface area contributed by atoms with Crippen LogP contribution in [0.4, 0.5) is 4.79 Å². The third-order valence-corrected chi connectivity index (χ3v) is 4.41. The van der Waals surface area contributed by atoms with Crippen molar-refractivity contribution in [2.24, 2.45) is 23.7 Å². The molecule has 1 N–H and O–H groups in total. The summed E-state index contributed by atoms with van der Waals surface area (Å²) < 4.78 is 0. The summed E-state index contributed by atoms with van der Waals surface area (Å²) in [6.07, 6.45) is 3.40. The van der Waals surface area contributed by atoms with Gasteiger partial charge in [0.05, 0.1) is 0 Å². The van der Waals surface area contributed by atoms with Gasteiger partial charge < -0.3 is 10.0 Å². The van der Waals surface area contributed by atoms with Crippen molar-refractivity contribution in [2.75, 3.05) is 13.1 Å². The summed E-state index contributed by atoms with van der Waals surface area (Å²) in [7, 11) is 0. The molecule has 1 aliphatic heterocycles. The predicted octanol–water partition coefficient (Wildman–Crippen LogP) is 1.64. The van der Waals surface area contributed by atoms with Crippen molar-refractivity contribution < 1.29 is 9.90 Å². The molecule has 0 spiro atoms. The van der Waals surface area contributed by atoms with Crippen LogP contribution in [0.1, 0.15) is 19.3 Å². The van der Waals surface area contributed by atoms with E-state index in [4.69, 9.17) is 5.11 Å². The molecule has 0 aromatic carbocycles. The fourth-order valence-electron chi connectivity index (χ4n) is 3.84. The molecule has 0 unspecified atom stereocenters. The summed E-state index contributed by atoms with van der Waals surface area (Å²) >= 11 is 0. The normalized spacial score (nSPS) is 46.9. The number of fused-ring (bicyclic) bond motifs is 5. The monoisotopic (exact) mass is 181 g/mol. The summed E-state index contributed by atoms with van der Waals surface area (Å²) in [6, 6.07) is 0. The molecule has 2 saturated carbocycles. The lowest BCUT2D eigenvalue weighted by Gasteiger charge is -2.22. The van der Waals surface area contributed by atoms with Crippen LogP contribution in [0.5, 0.6) is 0 Å².